The zero-order valence-corrected chi connectivity index (χ0v) is 10.0. The second kappa shape index (κ2) is 6.83. The SMILES string of the molecule is CCCCC(CC)NC1CCCNC1=O. The van der Waals surface area contributed by atoms with Crippen LogP contribution in [-0.2, 0) is 4.79 Å². The first-order chi connectivity index (χ1) is 7.27. The molecule has 0 saturated carbocycles. The number of hydrogen-bond donors (Lipinski definition) is 2. The highest BCUT2D eigenvalue weighted by molar-refractivity contribution is 5.82. The summed E-state index contributed by atoms with van der Waals surface area (Å²) in [5.41, 5.74) is 0. The summed E-state index contributed by atoms with van der Waals surface area (Å²) in [4.78, 5) is 11.5. The third kappa shape index (κ3) is 4.20. The Bertz CT molecular complexity index is 194. The molecule has 0 radical (unpaired) electrons. The largest absolute Gasteiger partial charge is 0.355 e. The van der Waals surface area contributed by atoms with E-state index in [0.717, 1.165) is 25.8 Å². The topological polar surface area (TPSA) is 41.1 Å². The van der Waals surface area contributed by atoms with Crippen molar-refractivity contribution in [1.29, 1.82) is 0 Å². The summed E-state index contributed by atoms with van der Waals surface area (Å²) in [6, 6.07) is 0.569. The molecule has 3 heteroatoms. The van der Waals surface area contributed by atoms with E-state index in [-0.39, 0.29) is 11.9 Å². The van der Waals surface area contributed by atoms with Crippen LogP contribution in [0.15, 0.2) is 0 Å². The number of piperidine rings is 1. The van der Waals surface area contributed by atoms with E-state index in [1.165, 1.54) is 19.3 Å². The molecule has 0 aliphatic carbocycles. The van der Waals surface area contributed by atoms with Gasteiger partial charge < -0.3 is 10.6 Å². The van der Waals surface area contributed by atoms with Crippen LogP contribution in [-0.4, -0.2) is 24.5 Å². The molecular formula is C12H24N2O. The van der Waals surface area contributed by atoms with Crippen molar-refractivity contribution < 1.29 is 4.79 Å². The summed E-state index contributed by atoms with van der Waals surface area (Å²) in [6.07, 6.45) is 6.89. The van der Waals surface area contributed by atoms with Crippen molar-refractivity contribution in [3.63, 3.8) is 0 Å². The molecule has 0 aromatic rings. The minimum absolute atomic E-state index is 0.0561. The molecule has 0 aromatic heterocycles. The van der Waals surface area contributed by atoms with Gasteiger partial charge in [0.15, 0.2) is 0 Å². The average Bonchev–Trinajstić information content (AvgIpc) is 2.26. The fourth-order valence-corrected chi connectivity index (χ4v) is 2.07. The van der Waals surface area contributed by atoms with Gasteiger partial charge in [0.05, 0.1) is 6.04 Å². The van der Waals surface area contributed by atoms with Crippen molar-refractivity contribution in [3.05, 3.63) is 0 Å². The molecule has 15 heavy (non-hydrogen) atoms. The molecule has 2 unspecified atom stereocenters. The van der Waals surface area contributed by atoms with Crippen molar-refractivity contribution in [2.45, 2.75) is 64.5 Å². The molecular weight excluding hydrogens is 188 g/mol. The highest BCUT2D eigenvalue weighted by Crippen LogP contribution is 2.09. The first-order valence-electron chi connectivity index (χ1n) is 6.31. The third-order valence-electron chi connectivity index (χ3n) is 3.12. The monoisotopic (exact) mass is 212 g/mol. The molecule has 0 aromatic carbocycles. The van der Waals surface area contributed by atoms with Gasteiger partial charge in [-0.3, -0.25) is 4.79 Å². The molecule has 0 bridgehead atoms. The number of hydrogen-bond acceptors (Lipinski definition) is 2. The lowest BCUT2D eigenvalue weighted by Crippen LogP contribution is -2.51. The predicted octanol–water partition coefficient (Wildman–Crippen LogP) is 1.82. The number of amides is 1. The van der Waals surface area contributed by atoms with E-state index in [2.05, 4.69) is 24.5 Å². The number of rotatable bonds is 6. The molecule has 1 saturated heterocycles. The predicted molar refractivity (Wildman–Crippen MR) is 62.8 cm³/mol. The molecule has 2 N–H and O–H groups in total. The second-order valence-electron chi connectivity index (χ2n) is 4.40. The average molecular weight is 212 g/mol. The lowest BCUT2D eigenvalue weighted by Gasteiger charge is -2.27. The highest BCUT2D eigenvalue weighted by Gasteiger charge is 2.23. The van der Waals surface area contributed by atoms with Gasteiger partial charge in [0, 0.05) is 12.6 Å². The molecule has 1 aliphatic rings. The smallest absolute Gasteiger partial charge is 0.237 e. The quantitative estimate of drug-likeness (QED) is 0.705. The standard InChI is InChI=1S/C12H24N2O/c1-3-5-7-10(4-2)14-11-8-6-9-13-12(11)15/h10-11,14H,3-9H2,1-2H3,(H,13,15). The fraction of sp³-hybridized carbons (Fsp3) is 0.917. The summed E-state index contributed by atoms with van der Waals surface area (Å²) in [6.45, 7) is 5.25. The van der Waals surface area contributed by atoms with Gasteiger partial charge >= 0.3 is 0 Å². The number of carbonyl (C=O) groups is 1. The Hall–Kier alpha value is -0.570. The van der Waals surface area contributed by atoms with Crippen LogP contribution in [0.3, 0.4) is 0 Å². The van der Waals surface area contributed by atoms with E-state index in [1.807, 2.05) is 0 Å². The third-order valence-corrected chi connectivity index (χ3v) is 3.12. The van der Waals surface area contributed by atoms with Gasteiger partial charge in [-0.05, 0) is 25.7 Å². The zero-order valence-electron chi connectivity index (χ0n) is 10.0. The minimum atomic E-state index is 0.0561. The number of nitrogens with one attached hydrogen (secondary N) is 2. The first-order valence-corrected chi connectivity index (χ1v) is 6.31. The summed E-state index contributed by atoms with van der Waals surface area (Å²) in [7, 11) is 0. The second-order valence-corrected chi connectivity index (χ2v) is 4.40. The van der Waals surface area contributed by atoms with Gasteiger partial charge in [-0.25, -0.2) is 0 Å². The van der Waals surface area contributed by atoms with Crippen molar-refractivity contribution >= 4 is 5.91 Å². The van der Waals surface area contributed by atoms with E-state index in [1.54, 1.807) is 0 Å². The summed E-state index contributed by atoms with van der Waals surface area (Å²) in [5, 5.41) is 6.39. The van der Waals surface area contributed by atoms with E-state index in [4.69, 9.17) is 0 Å². The van der Waals surface area contributed by atoms with Crippen LogP contribution in [0, 0.1) is 0 Å². The van der Waals surface area contributed by atoms with Crippen molar-refractivity contribution in [2.24, 2.45) is 0 Å². The van der Waals surface area contributed by atoms with E-state index in [0.29, 0.717) is 6.04 Å². The Labute approximate surface area is 93.0 Å². The molecule has 0 spiro atoms. The fourth-order valence-electron chi connectivity index (χ4n) is 2.07. The minimum Gasteiger partial charge on any atom is -0.355 e. The van der Waals surface area contributed by atoms with Gasteiger partial charge in [-0.15, -0.1) is 0 Å². The Morgan fingerprint density at radius 3 is 2.93 bits per heavy atom. The molecule has 1 fully saturated rings. The van der Waals surface area contributed by atoms with Crippen LogP contribution in [0.2, 0.25) is 0 Å². The normalized spacial score (nSPS) is 23.6. The highest BCUT2D eigenvalue weighted by atomic mass is 16.2. The Kier molecular flexibility index (Phi) is 5.69. The number of unbranched alkanes of at least 4 members (excludes halogenated alkanes) is 1. The van der Waals surface area contributed by atoms with E-state index in [9.17, 15) is 4.79 Å². The Morgan fingerprint density at radius 2 is 2.33 bits per heavy atom. The van der Waals surface area contributed by atoms with Crippen molar-refractivity contribution in [2.75, 3.05) is 6.54 Å². The van der Waals surface area contributed by atoms with Crippen molar-refractivity contribution in [1.82, 2.24) is 10.6 Å². The summed E-state index contributed by atoms with van der Waals surface area (Å²) < 4.78 is 0. The van der Waals surface area contributed by atoms with Gasteiger partial charge in [-0.2, -0.15) is 0 Å². The molecule has 3 nitrogen and oxygen atoms in total. The van der Waals surface area contributed by atoms with Crippen LogP contribution < -0.4 is 10.6 Å². The first kappa shape index (κ1) is 12.5. The maximum Gasteiger partial charge on any atom is 0.237 e. The number of carbonyl (C=O) groups excluding carboxylic acids is 1. The van der Waals surface area contributed by atoms with Crippen LogP contribution in [0.4, 0.5) is 0 Å². The van der Waals surface area contributed by atoms with Crippen LogP contribution in [0.25, 0.3) is 0 Å². The van der Waals surface area contributed by atoms with E-state index < -0.39 is 0 Å². The lowest BCUT2D eigenvalue weighted by molar-refractivity contribution is -0.124. The lowest BCUT2D eigenvalue weighted by atomic mass is 10.0. The molecule has 1 rings (SSSR count). The van der Waals surface area contributed by atoms with Gasteiger partial charge in [0.25, 0.3) is 0 Å². The Morgan fingerprint density at radius 1 is 1.53 bits per heavy atom. The molecule has 1 amide bonds. The summed E-state index contributed by atoms with van der Waals surface area (Å²) in [5.74, 6) is 0.191. The Balaban J connectivity index is 2.32. The maximum absolute atomic E-state index is 11.5. The van der Waals surface area contributed by atoms with Gasteiger partial charge in [-0.1, -0.05) is 26.7 Å². The summed E-state index contributed by atoms with van der Waals surface area (Å²) >= 11 is 0. The van der Waals surface area contributed by atoms with Crippen LogP contribution >= 0.6 is 0 Å². The molecule has 2 atom stereocenters. The van der Waals surface area contributed by atoms with Gasteiger partial charge in [0.2, 0.25) is 5.91 Å². The maximum atomic E-state index is 11.5. The van der Waals surface area contributed by atoms with E-state index >= 15 is 0 Å². The van der Waals surface area contributed by atoms with Crippen LogP contribution in [0.5, 0.6) is 0 Å². The van der Waals surface area contributed by atoms with Gasteiger partial charge in [0.1, 0.15) is 0 Å². The van der Waals surface area contributed by atoms with Crippen LogP contribution in [0.1, 0.15) is 52.4 Å². The van der Waals surface area contributed by atoms with Crippen molar-refractivity contribution in [3.8, 4) is 0 Å². The molecule has 88 valence electrons. The zero-order chi connectivity index (χ0) is 11.1. The molecule has 1 aliphatic heterocycles. The molecule has 1 heterocycles.